The molecule has 2 aromatic carbocycles. The van der Waals surface area contributed by atoms with Gasteiger partial charge in [0.25, 0.3) is 5.91 Å². The van der Waals surface area contributed by atoms with Gasteiger partial charge in [-0.1, -0.05) is 35.1 Å². The van der Waals surface area contributed by atoms with E-state index in [9.17, 15) is 4.79 Å². The number of methoxy groups -OCH3 is 1. The maximum atomic E-state index is 13.3. The standard InChI is InChI=1S/C19H20ClN3O2S/c1-22(2)10-11-23(19-21-15-6-4-5-7-17(15)26-19)18(24)14-12-13(20)8-9-16(14)25-3/h4-9,12H,10-11H2,1-3H3. The van der Waals surface area contributed by atoms with E-state index in [1.54, 1.807) is 30.2 Å². The van der Waals surface area contributed by atoms with Gasteiger partial charge in [0.1, 0.15) is 5.75 Å². The summed E-state index contributed by atoms with van der Waals surface area (Å²) in [7, 11) is 5.49. The number of benzene rings is 2. The summed E-state index contributed by atoms with van der Waals surface area (Å²) >= 11 is 7.61. The number of carbonyl (C=O) groups excluding carboxylic acids is 1. The van der Waals surface area contributed by atoms with Gasteiger partial charge < -0.3 is 9.64 Å². The molecule has 0 fully saturated rings. The minimum atomic E-state index is -0.176. The fourth-order valence-corrected chi connectivity index (χ4v) is 3.71. The van der Waals surface area contributed by atoms with Gasteiger partial charge in [-0.05, 0) is 44.4 Å². The third kappa shape index (κ3) is 3.98. The van der Waals surface area contributed by atoms with Crippen LogP contribution in [0.4, 0.5) is 5.13 Å². The predicted octanol–water partition coefficient (Wildman–Crippen LogP) is 4.17. The summed E-state index contributed by atoms with van der Waals surface area (Å²) in [4.78, 5) is 21.7. The number of thiazole rings is 1. The van der Waals surface area contributed by atoms with Crippen LogP contribution in [0.15, 0.2) is 42.5 Å². The molecule has 7 heteroatoms. The van der Waals surface area contributed by atoms with Crippen LogP contribution in [-0.2, 0) is 0 Å². The van der Waals surface area contributed by atoms with Crippen LogP contribution in [0.3, 0.4) is 0 Å². The Bertz CT molecular complexity index is 893. The Morgan fingerprint density at radius 1 is 1.19 bits per heavy atom. The number of aromatic nitrogens is 1. The minimum absolute atomic E-state index is 0.176. The van der Waals surface area contributed by atoms with Crippen molar-refractivity contribution in [2.75, 3.05) is 39.2 Å². The average Bonchev–Trinajstić information content (AvgIpc) is 3.05. The first-order valence-corrected chi connectivity index (χ1v) is 9.34. The van der Waals surface area contributed by atoms with Crippen LogP contribution in [0.2, 0.25) is 5.02 Å². The summed E-state index contributed by atoms with van der Waals surface area (Å²) in [5, 5.41) is 1.16. The minimum Gasteiger partial charge on any atom is -0.496 e. The van der Waals surface area contributed by atoms with Crippen molar-refractivity contribution in [1.29, 1.82) is 0 Å². The number of ether oxygens (including phenoxy) is 1. The highest BCUT2D eigenvalue weighted by Crippen LogP contribution is 2.31. The SMILES string of the molecule is COc1ccc(Cl)cc1C(=O)N(CCN(C)C)c1nc2ccccc2s1. The van der Waals surface area contributed by atoms with Crippen molar-refractivity contribution in [2.24, 2.45) is 0 Å². The smallest absolute Gasteiger partial charge is 0.263 e. The number of carbonyl (C=O) groups is 1. The molecule has 0 bridgehead atoms. The Morgan fingerprint density at radius 3 is 2.65 bits per heavy atom. The molecule has 3 aromatic rings. The molecule has 0 atom stereocenters. The second-order valence-corrected chi connectivity index (χ2v) is 7.51. The Kier molecular flexibility index (Phi) is 5.76. The van der Waals surface area contributed by atoms with Crippen LogP contribution >= 0.6 is 22.9 Å². The molecular formula is C19H20ClN3O2S. The summed E-state index contributed by atoms with van der Waals surface area (Å²) in [6.07, 6.45) is 0. The molecule has 0 radical (unpaired) electrons. The molecule has 5 nitrogen and oxygen atoms in total. The highest BCUT2D eigenvalue weighted by atomic mass is 35.5. The van der Waals surface area contributed by atoms with Gasteiger partial charge >= 0.3 is 0 Å². The monoisotopic (exact) mass is 389 g/mol. The van der Waals surface area contributed by atoms with E-state index in [2.05, 4.69) is 4.98 Å². The Labute approximate surface area is 161 Å². The maximum absolute atomic E-state index is 13.3. The van der Waals surface area contributed by atoms with Crippen LogP contribution in [-0.4, -0.2) is 50.1 Å². The Morgan fingerprint density at radius 2 is 1.96 bits per heavy atom. The van der Waals surface area contributed by atoms with Gasteiger partial charge in [0.15, 0.2) is 5.13 Å². The molecule has 0 aliphatic heterocycles. The number of halogens is 1. The van der Waals surface area contributed by atoms with E-state index in [1.165, 1.54) is 11.3 Å². The molecule has 0 saturated heterocycles. The molecule has 0 saturated carbocycles. The Balaban J connectivity index is 2.03. The number of likely N-dealkylation sites (N-methyl/N-ethyl adjacent to an activating group) is 1. The lowest BCUT2D eigenvalue weighted by Gasteiger charge is -2.23. The van der Waals surface area contributed by atoms with Crippen molar-refractivity contribution < 1.29 is 9.53 Å². The number of rotatable bonds is 6. The highest BCUT2D eigenvalue weighted by molar-refractivity contribution is 7.22. The molecule has 0 unspecified atom stereocenters. The lowest BCUT2D eigenvalue weighted by atomic mass is 10.1. The molecule has 1 aromatic heterocycles. The molecule has 0 spiro atoms. The van der Waals surface area contributed by atoms with Crippen molar-refractivity contribution in [1.82, 2.24) is 9.88 Å². The maximum Gasteiger partial charge on any atom is 0.263 e. The van der Waals surface area contributed by atoms with E-state index >= 15 is 0 Å². The van der Waals surface area contributed by atoms with E-state index < -0.39 is 0 Å². The van der Waals surface area contributed by atoms with E-state index in [-0.39, 0.29) is 5.91 Å². The van der Waals surface area contributed by atoms with Crippen LogP contribution in [0.1, 0.15) is 10.4 Å². The van der Waals surface area contributed by atoms with E-state index in [1.807, 2.05) is 43.3 Å². The van der Waals surface area contributed by atoms with Gasteiger partial charge in [0.05, 0.1) is 22.9 Å². The number of hydrogen-bond acceptors (Lipinski definition) is 5. The summed E-state index contributed by atoms with van der Waals surface area (Å²) in [6.45, 7) is 1.23. The summed E-state index contributed by atoms with van der Waals surface area (Å²) in [6, 6.07) is 12.9. The first-order chi connectivity index (χ1) is 12.5. The predicted molar refractivity (Wildman–Crippen MR) is 108 cm³/mol. The van der Waals surface area contributed by atoms with Gasteiger partial charge in [0.2, 0.25) is 0 Å². The molecular weight excluding hydrogens is 370 g/mol. The fourth-order valence-electron chi connectivity index (χ4n) is 2.55. The molecule has 1 amide bonds. The van der Waals surface area contributed by atoms with E-state index in [0.717, 1.165) is 10.2 Å². The molecule has 136 valence electrons. The third-order valence-electron chi connectivity index (χ3n) is 3.92. The second-order valence-electron chi connectivity index (χ2n) is 6.07. The van der Waals surface area contributed by atoms with Crippen LogP contribution in [0, 0.1) is 0 Å². The van der Waals surface area contributed by atoms with Gasteiger partial charge in [-0.2, -0.15) is 0 Å². The largest absolute Gasteiger partial charge is 0.496 e. The molecule has 0 aliphatic rings. The number of para-hydroxylation sites is 1. The van der Waals surface area contributed by atoms with Crippen molar-refractivity contribution in [3.05, 3.63) is 53.1 Å². The molecule has 26 heavy (non-hydrogen) atoms. The zero-order valence-electron chi connectivity index (χ0n) is 14.9. The van der Waals surface area contributed by atoms with Crippen LogP contribution in [0.25, 0.3) is 10.2 Å². The summed E-state index contributed by atoms with van der Waals surface area (Å²) < 4.78 is 6.40. The van der Waals surface area contributed by atoms with Gasteiger partial charge in [0, 0.05) is 18.1 Å². The third-order valence-corrected chi connectivity index (χ3v) is 5.22. The number of nitrogens with zero attached hydrogens (tertiary/aromatic N) is 3. The number of hydrogen-bond donors (Lipinski definition) is 0. The van der Waals surface area contributed by atoms with Gasteiger partial charge in [-0.15, -0.1) is 0 Å². The fraction of sp³-hybridized carbons (Fsp3) is 0.263. The van der Waals surface area contributed by atoms with Crippen molar-refractivity contribution >= 4 is 44.2 Å². The normalized spacial score (nSPS) is 11.1. The molecule has 1 heterocycles. The van der Waals surface area contributed by atoms with Crippen LogP contribution < -0.4 is 9.64 Å². The average molecular weight is 390 g/mol. The Hall–Kier alpha value is -2.15. The van der Waals surface area contributed by atoms with E-state index in [0.29, 0.717) is 34.6 Å². The van der Waals surface area contributed by atoms with Crippen molar-refractivity contribution in [3.8, 4) is 5.75 Å². The first kappa shape index (κ1) is 18.6. The highest BCUT2D eigenvalue weighted by Gasteiger charge is 2.24. The zero-order valence-corrected chi connectivity index (χ0v) is 16.5. The zero-order chi connectivity index (χ0) is 18.7. The van der Waals surface area contributed by atoms with Crippen molar-refractivity contribution in [2.45, 2.75) is 0 Å². The number of amides is 1. The van der Waals surface area contributed by atoms with E-state index in [4.69, 9.17) is 16.3 Å². The second kappa shape index (κ2) is 8.03. The number of fused-ring (bicyclic) bond motifs is 1. The molecule has 0 aliphatic carbocycles. The van der Waals surface area contributed by atoms with Gasteiger partial charge in [-0.3, -0.25) is 9.69 Å². The lowest BCUT2D eigenvalue weighted by Crippen LogP contribution is -2.37. The van der Waals surface area contributed by atoms with Crippen molar-refractivity contribution in [3.63, 3.8) is 0 Å². The quantitative estimate of drug-likeness (QED) is 0.634. The molecule has 0 N–H and O–H groups in total. The number of anilines is 1. The lowest BCUT2D eigenvalue weighted by molar-refractivity contribution is 0.0982. The summed E-state index contributed by atoms with van der Waals surface area (Å²) in [5.41, 5.74) is 1.31. The summed E-state index contributed by atoms with van der Waals surface area (Å²) in [5.74, 6) is 0.320. The first-order valence-electron chi connectivity index (χ1n) is 8.15. The molecule has 3 rings (SSSR count). The topological polar surface area (TPSA) is 45.7 Å². The van der Waals surface area contributed by atoms with Gasteiger partial charge in [-0.25, -0.2) is 4.98 Å². The van der Waals surface area contributed by atoms with Crippen LogP contribution in [0.5, 0.6) is 5.75 Å².